The van der Waals surface area contributed by atoms with Gasteiger partial charge >= 0.3 is 0 Å². The van der Waals surface area contributed by atoms with Crippen LogP contribution in [0.3, 0.4) is 0 Å². The van der Waals surface area contributed by atoms with E-state index in [9.17, 15) is 0 Å². The predicted molar refractivity (Wildman–Crippen MR) is 223 cm³/mol. The molecule has 12 N–H and O–H groups in total. The van der Waals surface area contributed by atoms with Crippen LogP contribution >= 0.6 is 0 Å². The lowest BCUT2D eigenvalue weighted by molar-refractivity contribution is -0.153. The van der Waals surface area contributed by atoms with Crippen LogP contribution in [0.4, 0.5) is 0 Å². The van der Waals surface area contributed by atoms with Gasteiger partial charge in [-0.15, -0.1) is 0 Å². The Morgan fingerprint density at radius 2 is 1.47 bits per heavy atom. The van der Waals surface area contributed by atoms with Gasteiger partial charge in [0.2, 0.25) is 0 Å². The highest BCUT2D eigenvalue weighted by molar-refractivity contribution is 5.74. The molecule has 0 spiro atoms. The number of hydrogen-bond acceptors (Lipinski definition) is 7. The topological polar surface area (TPSA) is 217 Å². The third-order valence-electron chi connectivity index (χ3n) is 13.8. The number of benzene rings is 1. The molecule has 4 rings (SSSR count). The molecule has 0 saturated heterocycles. The summed E-state index contributed by atoms with van der Waals surface area (Å²) in [5.41, 5.74) is 18.2. The van der Waals surface area contributed by atoms with E-state index in [1.54, 1.807) is 0 Å². The summed E-state index contributed by atoms with van der Waals surface area (Å²) < 4.78 is 19.6. The van der Waals surface area contributed by atoms with Gasteiger partial charge in [0.15, 0.2) is 17.9 Å². The molecule has 13 nitrogen and oxygen atoms in total. The van der Waals surface area contributed by atoms with Crippen molar-refractivity contribution in [1.29, 1.82) is 16.2 Å². The van der Waals surface area contributed by atoms with Crippen LogP contribution in [-0.4, -0.2) is 94.1 Å². The van der Waals surface area contributed by atoms with Crippen molar-refractivity contribution in [3.8, 4) is 0 Å². The summed E-state index contributed by atoms with van der Waals surface area (Å²) in [7, 11) is 2.24. The fourth-order valence-corrected chi connectivity index (χ4v) is 10.8. The summed E-state index contributed by atoms with van der Waals surface area (Å²) in [4.78, 5) is 2.45. The van der Waals surface area contributed by atoms with E-state index in [1.165, 1.54) is 37.7 Å². The maximum Gasteiger partial charge on any atom is 0.185 e. The lowest BCUT2D eigenvalue weighted by Gasteiger charge is -2.57. The Morgan fingerprint density at radius 1 is 0.836 bits per heavy atom. The summed E-state index contributed by atoms with van der Waals surface area (Å²) in [6.45, 7) is 15.0. The fourth-order valence-electron chi connectivity index (χ4n) is 10.8. The molecule has 312 valence electrons. The Balaban J connectivity index is 1.48. The summed E-state index contributed by atoms with van der Waals surface area (Å²) >= 11 is 0. The zero-order valence-electron chi connectivity index (χ0n) is 34.6. The molecule has 4 unspecified atom stereocenters. The van der Waals surface area contributed by atoms with E-state index >= 15 is 0 Å². The van der Waals surface area contributed by atoms with E-state index in [-0.39, 0.29) is 47.0 Å². The lowest BCUT2D eigenvalue weighted by atomic mass is 9.50. The van der Waals surface area contributed by atoms with E-state index in [0.29, 0.717) is 69.0 Å². The fraction of sp³-hybridized carbons (Fsp3) is 0.786. The van der Waals surface area contributed by atoms with Gasteiger partial charge in [-0.1, -0.05) is 51.1 Å². The van der Waals surface area contributed by atoms with Crippen molar-refractivity contribution >= 4 is 17.9 Å². The van der Waals surface area contributed by atoms with Crippen molar-refractivity contribution in [3.63, 3.8) is 0 Å². The Hall–Kier alpha value is -3.13. The van der Waals surface area contributed by atoms with Crippen LogP contribution in [0.15, 0.2) is 30.3 Å². The van der Waals surface area contributed by atoms with Crippen molar-refractivity contribution in [3.05, 3.63) is 35.9 Å². The molecule has 3 fully saturated rings. The summed E-state index contributed by atoms with van der Waals surface area (Å²) in [5, 5.41) is 31.4. The molecular weight excluding hydrogens is 693 g/mol. The molecule has 13 heteroatoms. The van der Waals surface area contributed by atoms with Gasteiger partial charge in [-0.2, -0.15) is 0 Å². The Labute approximate surface area is 331 Å². The molecule has 1 aromatic carbocycles. The number of nitrogens with two attached hydrogens (primary N) is 3. The molecular formula is C42H76N10O3. The Bertz CT molecular complexity index is 1340. The SMILES string of the molecule is C[C@H](CCCN(C)Cc1ccccc1)C1CC[C@H]2C[C@@H](C3(C)CC[C@@H](OCCNC(=N)N)CC3C[C@H](C)OCCNC(=N)N)C[C@H](OCCNC(=N)N)C12C. The second-order valence-electron chi connectivity index (χ2n) is 17.5. The number of nitrogens with zero attached hydrogens (tertiary/aromatic N) is 1. The molecule has 0 bridgehead atoms. The smallest absolute Gasteiger partial charge is 0.185 e. The second-order valence-corrected chi connectivity index (χ2v) is 17.5. The molecule has 10 atom stereocenters. The first-order chi connectivity index (χ1) is 26.2. The van der Waals surface area contributed by atoms with E-state index < -0.39 is 0 Å². The number of ether oxygens (including phenoxy) is 3. The van der Waals surface area contributed by atoms with Gasteiger partial charge in [0, 0.05) is 26.2 Å². The third-order valence-corrected chi connectivity index (χ3v) is 13.8. The van der Waals surface area contributed by atoms with Crippen LogP contribution < -0.4 is 33.2 Å². The number of fused-ring (bicyclic) bond motifs is 1. The average molecular weight is 769 g/mol. The normalized spacial score (nSPS) is 30.3. The summed E-state index contributed by atoms with van der Waals surface area (Å²) in [6, 6.07) is 10.8. The second kappa shape index (κ2) is 21.4. The van der Waals surface area contributed by atoms with Crippen LogP contribution in [0.2, 0.25) is 0 Å². The van der Waals surface area contributed by atoms with Crippen LogP contribution in [0.25, 0.3) is 0 Å². The minimum Gasteiger partial charge on any atom is -0.377 e. The van der Waals surface area contributed by atoms with E-state index in [0.717, 1.165) is 45.2 Å². The summed E-state index contributed by atoms with van der Waals surface area (Å²) in [5.74, 6) is 2.65. The first-order valence-corrected chi connectivity index (χ1v) is 21.0. The van der Waals surface area contributed by atoms with Crippen molar-refractivity contribution in [2.75, 3.05) is 53.0 Å². The molecule has 0 aromatic heterocycles. The Morgan fingerprint density at radius 3 is 2.13 bits per heavy atom. The third kappa shape index (κ3) is 12.9. The molecule has 0 amide bonds. The number of hydrogen-bond donors (Lipinski definition) is 9. The minimum absolute atomic E-state index is 0.0152. The van der Waals surface area contributed by atoms with Gasteiger partial charge in [-0.25, -0.2) is 0 Å². The van der Waals surface area contributed by atoms with E-state index in [1.807, 2.05) is 0 Å². The monoisotopic (exact) mass is 769 g/mol. The maximum atomic E-state index is 7.70. The van der Waals surface area contributed by atoms with Crippen molar-refractivity contribution in [1.82, 2.24) is 20.9 Å². The van der Waals surface area contributed by atoms with Gasteiger partial charge in [0.1, 0.15) is 0 Å². The van der Waals surface area contributed by atoms with Gasteiger partial charge in [0.05, 0.1) is 38.1 Å². The average Bonchev–Trinajstić information content (AvgIpc) is 3.48. The number of rotatable bonds is 22. The van der Waals surface area contributed by atoms with Crippen LogP contribution in [0.1, 0.15) is 97.5 Å². The highest BCUT2D eigenvalue weighted by Gasteiger charge is 2.59. The van der Waals surface area contributed by atoms with Gasteiger partial charge in [-0.3, -0.25) is 16.2 Å². The van der Waals surface area contributed by atoms with Gasteiger partial charge in [-0.05, 0) is 131 Å². The maximum absolute atomic E-state index is 7.70. The minimum atomic E-state index is -0.0384. The first kappa shape index (κ1) is 44.6. The molecule has 0 aliphatic heterocycles. The van der Waals surface area contributed by atoms with Crippen LogP contribution in [0.5, 0.6) is 0 Å². The number of nitrogens with one attached hydrogen (secondary N) is 6. The van der Waals surface area contributed by atoms with Crippen LogP contribution in [-0.2, 0) is 20.8 Å². The van der Waals surface area contributed by atoms with Crippen LogP contribution in [0, 0.1) is 56.6 Å². The first-order valence-electron chi connectivity index (χ1n) is 21.0. The van der Waals surface area contributed by atoms with Crippen molar-refractivity contribution in [2.45, 2.75) is 117 Å². The van der Waals surface area contributed by atoms with Crippen molar-refractivity contribution < 1.29 is 14.2 Å². The zero-order valence-corrected chi connectivity index (χ0v) is 34.6. The summed E-state index contributed by atoms with van der Waals surface area (Å²) in [6.07, 6.45) is 11.5. The molecule has 3 aliphatic rings. The zero-order chi connectivity index (χ0) is 40.0. The molecule has 0 radical (unpaired) electrons. The largest absolute Gasteiger partial charge is 0.377 e. The lowest BCUT2D eigenvalue weighted by Crippen LogP contribution is -2.54. The van der Waals surface area contributed by atoms with Crippen molar-refractivity contribution in [2.24, 2.45) is 57.6 Å². The van der Waals surface area contributed by atoms with E-state index in [4.69, 9.17) is 47.6 Å². The van der Waals surface area contributed by atoms with Gasteiger partial charge < -0.3 is 52.3 Å². The van der Waals surface area contributed by atoms with Gasteiger partial charge in [0.25, 0.3) is 0 Å². The highest BCUT2D eigenvalue weighted by Crippen LogP contribution is 2.64. The molecule has 3 saturated carbocycles. The highest BCUT2D eigenvalue weighted by atomic mass is 16.5. The Kier molecular flexibility index (Phi) is 17.4. The quantitative estimate of drug-likeness (QED) is 0.0446. The molecule has 55 heavy (non-hydrogen) atoms. The predicted octanol–water partition coefficient (Wildman–Crippen LogP) is 4.80. The molecule has 0 heterocycles. The number of guanidine groups is 3. The van der Waals surface area contributed by atoms with E-state index in [2.05, 4.69) is 85.9 Å². The molecule has 3 aliphatic carbocycles. The standard InChI is InChI=1S/C42H76N10O3/c1-29(10-9-20-52(5)28-31-11-7-6-8-12-31)36-14-13-32-25-34(27-37(42(32,36)4)55-23-19-51-40(47)48)41(3)16-15-35(54-22-18-50-39(45)46)26-33(41)24-30(2)53-21-17-49-38(43)44/h6-8,11-12,29-30,32-37H,9-10,13-28H2,1-5H3,(H4,43,44,49)(H4,45,46,50)(H4,47,48,51)/t29-,30+,32+,33?,34-,35-,36?,37+,41?,42?/m1/s1. The molecule has 1 aromatic rings.